The molecule has 0 spiro atoms. The van der Waals surface area contributed by atoms with E-state index >= 15 is 0 Å². The van der Waals surface area contributed by atoms with E-state index in [1.807, 2.05) is 27.7 Å². The normalized spacial score (nSPS) is 13.7. The molecule has 15 heavy (non-hydrogen) atoms. The summed E-state index contributed by atoms with van der Waals surface area (Å²) in [5.74, 6) is -0.167. The molecule has 1 unspecified atom stereocenters. The minimum absolute atomic E-state index is 0.167. The van der Waals surface area contributed by atoms with Gasteiger partial charge < -0.3 is 14.8 Å². The summed E-state index contributed by atoms with van der Waals surface area (Å²) in [7, 11) is 1.66. The van der Waals surface area contributed by atoms with Crippen LogP contribution in [0.15, 0.2) is 0 Å². The third-order valence-corrected chi connectivity index (χ3v) is 1.66. The standard InChI is InChI=1S/C11H23NO3/c1-9(8-14-5)12-7-6-10(13)15-11(2,3)4/h9,12H,6-8H2,1-5H3. The van der Waals surface area contributed by atoms with Gasteiger partial charge in [0.15, 0.2) is 0 Å². The van der Waals surface area contributed by atoms with Gasteiger partial charge in [0.2, 0.25) is 0 Å². The zero-order valence-electron chi connectivity index (χ0n) is 10.4. The summed E-state index contributed by atoms with van der Waals surface area (Å²) in [4.78, 5) is 11.3. The number of methoxy groups -OCH3 is 1. The Kier molecular flexibility index (Phi) is 6.52. The number of esters is 1. The highest BCUT2D eigenvalue weighted by molar-refractivity contribution is 5.70. The zero-order valence-corrected chi connectivity index (χ0v) is 10.4. The molecule has 0 aromatic carbocycles. The highest BCUT2D eigenvalue weighted by Crippen LogP contribution is 2.07. The van der Waals surface area contributed by atoms with Gasteiger partial charge in [0.05, 0.1) is 13.0 Å². The fourth-order valence-corrected chi connectivity index (χ4v) is 1.12. The molecule has 0 aliphatic heterocycles. The number of nitrogens with one attached hydrogen (secondary N) is 1. The first-order valence-corrected chi connectivity index (χ1v) is 5.29. The molecule has 0 saturated heterocycles. The topological polar surface area (TPSA) is 47.6 Å². The van der Waals surface area contributed by atoms with Gasteiger partial charge in [-0.25, -0.2) is 0 Å². The van der Waals surface area contributed by atoms with E-state index in [9.17, 15) is 4.79 Å². The van der Waals surface area contributed by atoms with Crippen molar-refractivity contribution in [2.75, 3.05) is 20.3 Å². The number of hydrogen-bond donors (Lipinski definition) is 1. The molecule has 0 amide bonds. The fourth-order valence-electron chi connectivity index (χ4n) is 1.12. The van der Waals surface area contributed by atoms with Crippen LogP contribution in [0, 0.1) is 0 Å². The van der Waals surface area contributed by atoms with Crippen molar-refractivity contribution in [3.63, 3.8) is 0 Å². The highest BCUT2D eigenvalue weighted by atomic mass is 16.6. The van der Waals surface area contributed by atoms with Crippen LogP contribution in [-0.4, -0.2) is 37.9 Å². The molecule has 0 heterocycles. The summed E-state index contributed by atoms with van der Waals surface area (Å²) >= 11 is 0. The van der Waals surface area contributed by atoms with Gasteiger partial charge in [-0.3, -0.25) is 4.79 Å². The Labute approximate surface area is 92.3 Å². The molecule has 0 radical (unpaired) electrons. The lowest BCUT2D eigenvalue weighted by Crippen LogP contribution is -2.33. The Morgan fingerprint density at radius 3 is 2.47 bits per heavy atom. The van der Waals surface area contributed by atoms with Crippen LogP contribution in [0.2, 0.25) is 0 Å². The Hall–Kier alpha value is -0.610. The van der Waals surface area contributed by atoms with Crippen molar-refractivity contribution in [1.82, 2.24) is 5.32 Å². The second-order valence-electron chi connectivity index (χ2n) is 4.65. The van der Waals surface area contributed by atoms with E-state index < -0.39 is 5.60 Å². The SMILES string of the molecule is COCC(C)NCCC(=O)OC(C)(C)C. The maximum absolute atomic E-state index is 11.3. The zero-order chi connectivity index (χ0) is 11.9. The molecule has 1 N–H and O–H groups in total. The first-order chi connectivity index (χ1) is 6.85. The van der Waals surface area contributed by atoms with E-state index in [0.717, 1.165) is 0 Å². The van der Waals surface area contributed by atoms with Crippen molar-refractivity contribution in [3.05, 3.63) is 0 Å². The minimum Gasteiger partial charge on any atom is -0.460 e. The van der Waals surface area contributed by atoms with Gasteiger partial charge in [-0.2, -0.15) is 0 Å². The van der Waals surface area contributed by atoms with Crippen LogP contribution in [0.5, 0.6) is 0 Å². The minimum atomic E-state index is -0.394. The molecule has 0 saturated carbocycles. The molecule has 4 nitrogen and oxygen atoms in total. The van der Waals surface area contributed by atoms with E-state index in [1.165, 1.54) is 0 Å². The first-order valence-electron chi connectivity index (χ1n) is 5.29. The Morgan fingerprint density at radius 1 is 1.40 bits per heavy atom. The third-order valence-electron chi connectivity index (χ3n) is 1.66. The molecular weight excluding hydrogens is 194 g/mol. The Bertz CT molecular complexity index is 187. The van der Waals surface area contributed by atoms with Crippen molar-refractivity contribution < 1.29 is 14.3 Å². The predicted molar refractivity (Wildman–Crippen MR) is 59.8 cm³/mol. The van der Waals surface area contributed by atoms with Gasteiger partial charge >= 0.3 is 5.97 Å². The lowest BCUT2D eigenvalue weighted by Gasteiger charge is -2.20. The summed E-state index contributed by atoms with van der Waals surface area (Å²) in [5.41, 5.74) is -0.394. The highest BCUT2D eigenvalue weighted by Gasteiger charge is 2.15. The van der Waals surface area contributed by atoms with Crippen LogP contribution in [-0.2, 0) is 14.3 Å². The number of carbonyl (C=O) groups is 1. The van der Waals surface area contributed by atoms with E-state index in [0.29, 0.717) is 19.6 Å². The molecule has 0 aromatic rings. The molecule has 0 aliphatic rings. The molecule has 0 aliphatic carbocycles. The molecule has 4 heteroatoms. The molecule has 0 bridgehead atoms. The van der Waals surface area contributed by atoms with Crippen LogP contribution in [0.4, 0.5) is 0 Å². The number of carbonyl (C=O) groups excluding carboxylic acids is 1. The van der Waals surface area contributed by atoms with Crippen molar-refractivity contribution in [2.45, 2.75) is 45.8 Å². The van der Waals surface area contributed by atoms with Gasteiger partial charge in [0.25, 0.3) is 0 Å². The quantitative estimate of drug-likeness (QED) is 0.682. The van der Waals surface area contributed by atoms with Gasteiger partial charge in [-0.05, 0) is 27.7 Å². The summed E-state index contributed by atoms with van der Waals surface area (Å²) in [5, 5.41) is 3.17. The molecule has 0 aromatic heterocycles. The summed E-state index contributed by atoms with van der Waals surface area (Å²) in [6.45, 7) is 8.88. The van der Waals surface area contributed by atoms with Gasteiger partial charge in [-0.15, -0.1) is 0 Å². The Morgan fingerprint density at radius 2 is 2.00 bits per heavy atom. The summed E-state index contributed by atoms with van der Waals surface area (Å²) < 4.78 is 10.1. The molecule has 0 rings (SSSR count). The average Bonchev–Trinajstić information content (AvgIpc) is 2.00. The summed E-state index contributed by atoms with van der Waals surface area (Å²) in [6, 6.07) is 0.262. The fraction of sp³-hybridized carbons (Fsp3) is 0.909. The molecule has 90 valence electrons. The largest absolute Gasteiger partial charge is 0.460 e. The lowest BCUT2D eigenvalue weighted by molar-refractivity contribution is -0.154. The molecular formula is C11H23NO3. The predicted octanol–water partition coefficient (Wildman–Crippen LogP) is 1.34. The van der Waals surface area contributed by atoms with E-state index in [1.54, 1.807) is 7.11 Å². The average molecular weight is 217 g/mol. The van der Waals surface area contributed by atoms with Crippen LogP contribution in [0.3, 0.4) is 0 Å². The number of ether oxygens (including phenoxy) is 2. The number of hydrogen-bond acceptors (Lipinski definition) is 4. The van der Waals surface area contributed by atoms with Crippen LogP contribution in [0.25, 0.3) is 0 Å². The molecule has 0 fully saturated rings. The van der Waals surface area contributed by atoms with E-state index in [2.05, 4.69) is 5.32 Å². The van der Waals surface area contributed by atoms with Gasteiger partial charge in [0.1, 0.15) is 5.60 Å². The van der Waals surface area contributed by atoms with Crippen molar-refractivity contribution in [3.8, 4) is 0 Å². The van der Waals surface area contributed by atoms with Crippen molar-refractivity contribution in [1.29, 1.82) is 0 Å². The van der Waals surface area contributed by atoms with Crippen LogP contribution < -0.4 is 5.32 Å². The third kappa shape index (κ3) is 9.69. The van der Waals surface area contributed by atoms with Crippen LogP contribution in [0.1, 0.15) is 34.1 Å². The smallest absolute Gasteiger partial charge is 0.307 e. The van der Waals surface area contributed by atoms with Crippen LogP contribution >= 0.6 is 0 Å². The van der Waals surface area contributed by atoms with Crippen molar-refractivity contribution >= 4 is 5.97 Å². The van der Waals surface area contributed by atoms with Gasteiger partial charge in [0, 0.05) is 19.7 Å². The second-order valence-corrected chi connectivity index (χ2v) is 4.65. The maximum atomic E-state index is 11.3. The lowest BCUT2D eigenvalue weighted by atomic mass is 10.2. The summed E-state index contributed by atoms with van der Waals surface area (Å²) in [6.07, 6.45) is 0.394. The molecule has 1 atom stereocenters. The monoisotopic (exact) mass is 217 g/mol. The van der Waals surface area contributed by atoms with Gasteiger partial charge in [-0.1, -0.05) is 0 Å². The maximum Gasteiger partial charge on any atom is 0.307 e. The number of rotatable bonds is 6. The Balaban J connectivity index is 3.55. The second kappa shape index (κ2) is 6.80. The van der Waals surface area contributed by atoms with E-state index in [-0.39, 0.29) is 12.0 Å². The van der Waals surface area contributed by atoms with Crippen molar-refractivity contribution in [2.24, 2.45) is 0 Å². The first kappa shape index (κ1) is 14.4. The van der Waals surface area contributed by atoms with E-state index in [4.69, 9.17) is 9.47 Å².